The summed E-state index contributed by atoms with van der Waals surface area (Å²) in [6.07, 6.45) is 5.02. The average molecular weight is 251 g/mol. The Balaban J connectivity index is 2.33. The molecule has 2 rings (SSSR count). The van der Waals surface area contributed by atoms with Gasteiger partial charge in [0.1, 0.15) is 5.54 Å². The molecule has 1 heterocycles. The monoisotopic (exact) mass is 251 g/mol. The van der Waals surface area contributed by atoms with Gasteiger partial charge in [-0.1, -0.05) is 0 Å². The van der Waals surface area contributed by atoms with Crippen molar-refractivity contribution in [3.63, 3.8) is 0 Å². The molecule has 0 aliphatic heterocycles. The molecule has 18 heavy (non-hydrogen) atoms. The second-order valence-corrected chi connectivity index (χ2v) is 4.95. The maximum atomic E-state index is 12.1. The molecule has 0 unspecified atom stereocenters. The van der Waals surface area contributed by atoms with E-state index in [4.69, 9.17) is 0 Å². The smallest absolute Gasteiger partial charge is 0.329 e. The summed E-state index contributed by atoms with van der Waals surface area (Å²) in [7, 11) is 0. The van der Waals surface area contributed by atoms with E-state index in [1.807, 2.05) is 13.8 Å². The molecule has 2 N–H and O–H groups in total. The number of nitrogens with one attached hydrogen (secondary N) is 1. The van der Waals surface area contributed by atoms with Crippen molar-refractivity contribution in [2.45, 2.75) is 44.7 Å². The predicted molar refractivity (Wildman–Crippen MR) is 66.7 cm³/mol. The number of carboxylic acids is 1. The van der Waals surface area contributed by atoms with Crippen molar-refractivity contribution in [1.29, 1.82) is 0 Å². The molecule has 1 aliphatic carbocycles. The van der Waals surface area contributed by atoms with Gasteiger partial charge in [0.15, 0.2) is 5.82 Å². The van der Waals surface area contributed by atoms with E-state index in [1.165, 1.54) is 10.8 Å². The van der Waals surface area contributed by atoms with Gasteiger partial charge in [0.05, 0.1) is 0 Å². The third-order valence-electron chi connectivity index (χ3n) is 3.40. The molecule has 0 radical (unpaired) electrons. The topological polar surface area (TPSA) is 84.2 Å². The minimum absolute atomic E-state index is 0.0169. The first kappa shape index (κ1) is 12.6. The van der Waals surface area contributed by atoms with Gasteiger partial charge < -0.3 is 15.0 Å². The summed E-state index contributed by atoms with van der Waals surface area (Å²) in [5.74, 6) is -0.803. The molecule has 1 aromatic heterocycles. The van der Waals surface area contributed by atoms with Crippen LogP contribution in [-0.4, -0.2) is 26.2 Å². The molecule has 98 valence electrons. The molecule has 0 atom stereocenters. The van der Waals surface area contributed by atoms with Crippen LogP contribution in [0.25, 0.3) is 0 Å². The molecule has 0 saturated heterocycles. The van der Waals surface area contributed by atoms with Gasteiger partial charge in [0.2, 0.25) is 0 Å². The highest BCUT2D eigenvalue weighted by molar-refractivity contribution is 5.83. The van der Waals surface area contributed by atoms with Crippen molar-refractivity contribution in [2.75, 3.05) is 5.32 Å². The third kappa shape index (κ3) is 1.98. The summed E-state index contributed by atoms with van der Waals surface area (Å²) >= 11 is 0. The molecule has 1 saturated carbocycles. The lowest BCUT2D eigenvalue weighted by Gasteiger charge is -2.38. The first-order chi connectivity index (χ1) is 8.46. The summed E-state index contributed by atoms with van der Waals surface area (Å²) in [5.41, 5.74) is -1.29. The number of aromatic nitrogens is 2. The lowest BCUT2D eigenvalue weighted by atomic mass is 9.77. The van der Waals surface area contributed by atoms with Crippen LogP contribution in [0, 0.1) is 0 Å². The van der Waals surface area contributed by atoms with E-state index < -0.39 is 11.5 Å². The SMILES string of the molecule is CC(C)n1ccnc(NC2(C(=O)O)CCC2)c1=O. The number of nitrogens with zero attached hydrogens (tertiary/aromatic N) is 2. The number of carbonyl (C=O) groups is 1. The Morgan fingerprint density at radius 1 is 1.56 bits per heavy atom. The van der Waals surface area contributed by atoms with Crippen LogP contribution in [0.3, 0.4) is 0 Å². The summed E-state index contributed by atoms with van der Waals surface area (Å²) in [5, 5.41) is 12.0. The fraction of sp³-hybridized carbons (Fsp3) is 0.583. The Bertz CT molecular complexity index is 518. The lowest BCUT2D eigenvalue weighted by molar-refractivity contribution is -0.145. The molecule has 0 spiro atoms. The van der Waals surface area contributed by atoms with E-state index in [2.05, 4.69) is 10.3 Å². The van der Waals surface area contributed by atoms with Gasteiger partial charge in [-0.25, -0.2) is 9.78 Å². The molecule has 6 nitrogen and oxygen atoms in total. The molecular weight excluding hydrogens is 234 g/mol. The van der Waals surface area contributed by atoms with E-state index in [0.29, 0.717) is 12.8 Å². The van der Waals surface area contributed by atoms with Crippen LogP contribution in [0.5, 0.6) is 0 Å². The predicted octanol–water partition coefficient (Wildman–Crippen LogP) is 1.24. The second-order valence-electron chi connectivity index (χ2n) is 4.95. The first-order valence-corrected chi connectivity index (χ1v) is 6.05. The summed E-state index contributed by atoms with van der Waals surface area (Å²) < 4.78 is 1.53. The molecule has 0 bridgehead atoms. The second kappa shape index (κ2) is 4.44. The van der Waals surface area contributed by atoms with Gasteiger partial charge in [-0.15, -0.1) is 0 Å². The fourth-order valence-electron chi connectivity index (χ4n) is 2.07. The zero-order valence-corrected chi connectivity index (χ0v) is 10.5. The van der Waals surface area contributed by atoms with Gasteiger partial charge in [0, 0.05) is 18.4 Å². The van der Waals surface area contributed by atoms with Crippen LogP contribution in [-0.2, 0) is 4.79 Å². The van der Waals surface area contributed by atoms with E-state index in [0.717, 1.165) is 6.42 Å². The minimum Gasteiger partial charge on any atom is -0.480 e. The Kier molecular flexibility index (Phi) is 3.11. The van der Waals surface area contributed by atoms with Crippen LogP contribution in [0.15, 0.2) is 17.2 Å². The molecule has 6 heteroatoms. The summed E-state index contributed by atoms with van der Waals surface area (Å²) in [6.45, 7) is 3.78. The van der Waals surface area contributed by atoms with Crippen molar-refractivity contribution in [2.24, 2.45) is 0 Å². The molecule has 1 aromatic rings. The van der Waals surface area contributed by atoms with Gasteiger partial charge in [-0.05, 0) is 33.1 Å². The third-order valence-corrected chi connectivity index (χ3v) is 3.40. The van der Waals surface area contributed by atoms with E-state index in [1.54, 1.807) is 6.20 Å². The van der Waals surface area contributed by atoms with Crippen molar-refractivity contribution in [1.82, 2.24) is 9.55 Å². The fourth-order valence-corrected chi connectivity index (χ4v) is 2.07. The largest absolute Gasteiger partial charge is 0.480 e. The van der Waals surface area contributed by atoms with Crippen LogP contribution in [0.1, 0.15) is 39.2 Å². The van der Waals surface area contributed by atoms with Crippen molar-refractivity contribution < 1.29 is 9.90 Å². The van der Waals surface area contributed by atoms with Crippen LogP contribution >= 0.6 is 0 Å². The Morgan fingerprint density at radius 3 is 2.67 bits per heavy atom. The number of aliphatic carboxylic acids is 1. The average Bonchev–Trinajstić information content (AvgIpc) is 2.24. The lowest BCUT2D eigenvalue weighted by Crippen LogP contribution is -2.53. The Hall–Kier alpha value is -1.85. The van der Waals surface area contributed by atoms with E-state index in [-0.39, 0.29) is 17.4 Å². The van der Waals surface area contributed by atoms with Crippen LogP contribution in [0.4, 0.5) is 5.82 Å². The highest BCUT2D eigenvalue weighted by Gasteiger charge is 2.45. The highest BCUT2D eigenvalue weighted by Crippen LogP contribution is 2.34. The minimum atomic E-state index is -1.01. The molecule has 0 amide bonds. The number of carboxylic acid groups (broad SMARTS) is 1. The Labute approximate surface area is 105 Å². The number of anilines is 1. The van der Waals surface area contributed by atoms with E-state index >= 15 is 0 Å². The molecule has 1 fully saturated rings. The molecular formula is C12H17N3O3. The zero-order valence-electron chi connectivity index (χ0n) is 10.5. The standard InChI is InChI=1S/C12H17N3O3/c1-8(2)15-7-6-13-9(10(15)16)14-12(11(17)18)4-3-5-12/h6-8H,3-5H2,1-2H3,(H,13,14)(H,17,18). The molecule has 0 aromatic carbocycles. The summed E-state index contributed by atoms with van der Waals surface area (Å²) in [4.78, 5) is 27.3. The van der Waals surface area contributed by atoms with Gasteiger partial charge in [-0.2, -0.15) is 0 Å². The number of rotatable bonds is 4. The van der Waals surface area contributed by atoms with Gasteiger partial charge >= 0.3 is 5.97 Å². The Morgan fingerprint density at radius 2 is 2.22 bits per heavy atom. The van der Waals surface area contributed by atoms with Crippen molar-refractivity contribution >= 4 is 11.8 Å². The quantitative estimate of drug-likeness (QED) is 0.841. The van der Waals surface area contributed by atoms with Gasteiger partial charge in [0.25, 0.3) is 5.56 Å². The maximum Gasteiger partial charge on any atom is 0.329 e. The maximum absolute atomic E-state index is 12.1. The first-order valence-electron chi connectivity index (χ1n) is 6.05. The molecule has 1 aliphatic rings. The van der Waals surface area contributed by atoms with E-state index in [9.17, 15) is 14.7 Å². The van der Waals surface area contributed by atoms with Crippen molar-refractivity contribution in [3.8, 4) is 0 Å². The zero-order chi connectivity index (χ0) is 13.3. The normalized spacial score (nSPS) is 17.3. The highest BCUT2D eigenvalue weighted by atomic mass is 16.4. The van der Waals surface area contributed by atoms with Crippen LogP contribution in [0.2, 0.25) is 0 Å². The van der Waals surface area contributed by atoms with Crippen LogP contribution < -0.4 is 10.9 Å². The number of hydrogen-bond acceptors (Lipinski definition) is 4. The number of hydrogen-bond donors (Lipinski definition) is 2. The van der Waals surface area contributed by atoms with Crippen molar-refractivity contribution in [3.05, 3.63) is 22.7 Å². The van der Waals surface area contributed by atoms with Gasteiger partial charge in [-0.3, -0.25) is 4.79 Å². The summed E-state index contributed by atoms with van der Waals surface area (Å²) in [6, 6.07) is 0.0169.